The van der Waals surface area contributed by atoms with Gasteiger partial charge < -0.3 is 10.2 Å². The third kappa shape index (κ3) is 5.82. The lowest BCUT2D eigenvalue weighted by atomic mass is 9.88. The molecule has 0 amide bonds. The lowest BCUT2D eigenvalue weighted by Gasteiger charge is -2.17. The first-order valence-electron chi connectivity index (χ1n) is 15.5. The first-order valence-corrected chi connectivity index (χ1v) is 15.5. The Hall–Kier alpha value is -5.48. The highest BCUT2D eigenvalue weighted by Gasteiger charge is 2.20. The van der Waals surface area contributed by atoms with Gasteiger partial charge in [-0.15, -0.1) is 0 Å². The SMILES string of the molecule is Oc1cc(O)c(-c2cc(-c3cccc(C4=CC=CCC4)c3)ccc2F)cc1-c1cc(C2=CC(c3ccccc3)=CCC2)ccc1F. The van der Waals surface area contributed by atoms with Gasteiger partial charge in [0.15, 0.2) is 0 Å². The standard InChI is InChI=1S/C42H32F2O2/c43-39-19-17-33(31-15-7-13-29(21-31)27-9-3-1-4-10-27)23-35(39)37-25-38(42(46)26-41(37)45)36-24-34(18-20-40(36)44)32-16-8-14-30(22-32)28-11-5-2-6-12-28/h1-5,8-11,13-14,16-26,45-46H,6-7,12,15H2. The van der Waals surface area contributed by atoms with Crippen LogP contribution in [-0.4, -0.2) is 10.2 Å². The van der Waals surface area contributed by atoms with Crippen molar-refractivity contribution in [1.82, 2.24) is 0 Å². The van der Waals surface area contributed by atoms with Crippen LogP contribution >= 0.6 is 0 Å². The molecule has 4 heteroatoms. The Morgan fingerprint density at radius 2 is 1.11 bits per heavy atom. The second-order valence-electron chi connectivity index (χ2n) is 11.7. The predicted octanol–water partition coefficient (Wildman–Crippen LogP) is 11.4. The summed E-state index contributed by atoms with van der Waals surface area (Å²) in [7, 11) is 0. The average molecular weight is 607 g/mol. The van der Waals surface area contributed by atoms with Crippen molar-refractivity contribution in [1.29, 1.82) is 0 Å². The summed E-state index contributed by atoms with van der Waals surface area (Å²) in [6, 6.07) is 30.5. The van der Waals surface area contributed by atoms with Crippen LogP contribution in [0.2, 0.25) is 0 Å². The number of aromatic hydroxyl groups is 2. The molecule has 2 nitrogen and oxygen atoms in total. The summed E-state index contributed by atoms with van der Waals surface area (Å²) in [5, 5.41) is 21.9. The normalized spacial score (nSPS) is 14.4. The van der Waals surface area contributed by atoms with Gasteiger partial charge in [-0.2, -0.15) is 0 Å². The summed E-state index contributed by atoms with van der Waals surface area (Å²) < 4.78 is 30.9. The summed E-state index contributed by atoms with van der Waals surface area (Å²) in [5.74, 6) is -1.65. The van der Waals surface area contributed by atoms with Crippen molar-refractivity contribution in [2.24, 2.45) is 0 Å². The van der Waals surface area contributed by atoms with E-state index in [9.17, 15) is 10.2 Å². The summed E-state index contributed by atoms with van der Waals surface area (Å²) >= 11 is 0. The fourth-order valence-electron chi connectivity index (χ4n) is 6.35. The smallest absolute Gasteiger partial charge is 0.131 e. The minimum absolute atomic E-state index is 0.158. The van der Waals surface area contributed by atoms with Crippen molar-refractivity contribution < 1.29 is 19.0 Å². The first-order chi connectivity index (χ1) is 22.4. The van der Waals surface area contributed by atoms with Crippen LogP contribution in [0.4, 0.5) is 8.78 Å². The fraction of sp³-hybridized carbons (Fsp3) is 0.0952. The molecule has 2 aliphatic carbocycles. The zero-order valence-electron chi connectivity index (χ0n) is 25.2. The third-order valence-electron chi connectivity index (χ3n) is 8.79. The van der Waals surface area contributed by atoms with E-state index in [1.807, 2.05) is 30.3 Å². The molecular weight excluding hydrogens is 574 g/mol. The van der Waals surface area contributed by atoms with Crippen LogP contribution < -0.4 is 0 Å². The van der Waals surface area contributed by atoms with Gasteiger partial charge >= 0.3 is 0 Å². The van der Waals surface area contributed by atoms with Crippen molar-refractivity contribution in [3.63, 3.8) is 0 Å². The number of hydrogen-bond donors (Lipinski definition) is 2. The molecule has 5 aromatic carbocycles. The van der Waals surface area contributed by atoms with Crippen LogP contribution in [0, 0.1) is 11.6 Å². The van der Waals surface area contributed by atoms with Crippen LogP contribution in [0.1, 0.15) is 42.4 Å². The maximum Gasteiger partial charge on any atom is 0.131 e. The maximum absolute atomic E-state index is 15.4. The Balaban J connectivity index is 1.27. The molecule has 46 heavy (non-hydrogen) atoms. The zero-order chi connectivity index (χ0) is 31.6. The summed E-state index contributed by atoms with van der Waals surface area (Å²) in [6.45, 7) is 0. The number of halogens is 2. The van der Waals surface area contributed by atoms with Crippen LogP contribution in [0.3, 0.4) is 0 Å². The van der Waals surface area contributed by atoms with E-state index in [4.69, 9.17) is 0 Å². The molecular formula is C42H32F2O2. The Morgan fingerprint density at radius 3 is 1.83 bits per heavy atom. The molecule has 0 heterocycles. The number of benzene rings is 5. The van der Waals surface area contributed by atoms with E-state index >= 15 is 8.78 Å². The van der Waals surface area contributed by atoms with Crippen LogP contribution in [0.25, 0.3) is 50.1 Å². The Morgan fingerprint density at radius 1 is 0.500 bits per heavy atom. The molecule has 0 saturated carbocycles. The van der Waals surface area contributed by atoms with Crippen molar-refractivity contribution in [2.75, 3.05) is 0 Å². The maximum atomic E-state index is 15.4. The van der Waals surface area contributed by atoms with Crippen LogP contribution in [0.15, 0.2) is 134 Å². The third-order valence-corrected chi connectivity index (χ3v) is 8.79. The van der Waals surface area contributed by atoms with Crippen LogP contribution in [-0.2, 0) is 0 Å². The molecule has 0 saturated heterocycles. The highest BCUT2D eigenvalue weighted by molar-refractivity contribution is 5.88. The summed E-state index contributed by atoms with van der Waals surface area (Å²) in [5.41, 5.74) is 8.83. The van der Waals surface area contributed by atoms with Crippen molar-refractivity contribution in [2.45, 2.75) is 25.7 Å². The molecule has 7 rings (SSSR count). The molecule has 2 aliphatic rings. The highest BCUT2D eigenvalue weighted by Crippen LogP contribution is 2.43. The van der Waals surface area contributed by atoms with Gasteiger partial charge in [-0.25, -0.2) is 8.78 Å². The van der Waals surface area contributed by atoms with Gasteiger partial charge in [0.05, 0.1) is 0 Å². The van der Waals surface area contributed by atoms with Gasteiger partial charge in [0.1, 0.15) is 23.1 Å². The van der Waals surface area contributed by atoms with Gasteiger partial charge in [0, 0.05) is 28.3 Å². The molecule has 0 spiro atoms. The molecule has 0 fully saturated rings. The fourth-order valence-corrected chi connectivity index (χ4v) is 6.35. The Labute approximate surface area is 267 Å². The summed E-state index contributed by atoms with van der Waals surface area (Å²) in [6.07, 6.45) is 14.2. The van der Waals surface area contributed by atoms with E-state index < -0.39 is 11.6 Å². The molecule has 0 aromatic heterocycles. The first kappa shape index (κ1) is 29.2. The summed E-state index contributed by atoms with van der Waals surface area (Å²) in [4.78, 5) is 0. The Bertz CT molecular complexity index is 2080. The van der Waals surface area contributed by atoms with E-state index in [-0.39, 0.29) is 33.8 Å². The van der Waals surface area contributed by atoms with Crippen molar-refractivity contribution in [3.05, 3.63) is 162 Å². The van der Waals surface area contributed by atoms with Gasteiger partial charge in [-0.3, -0.25) is 0 Å². The minimum atomic E-state index is -0.534. The van der Waals surface area contributed by atoms with Gasteiger partial charge in [0.2, 0.25) is 0 Å². The molecule has 0 aliphatic heterocycles. The number of phenols is 2. The lowest BCUT2D eigenvalue weighted by molar-refractivity contribution is 0.452. The molecule has 0 unspecified atom stereocenters. The monoisotopic (exact) mass is 606 g/mol. The van der Waals surface area contributed by atoms with Gasteiger partial charge in [-0.05, 0) is 107 Å². The van der Waals surface area contributed by atoms with Crippen molar-refractivity contribution in [3.8, 4) is 44.9 Å². The topological polar surface area (TPSA) is 40.5 Å². The number of allylic oxidation sites excluding steroid dienone is 8. The lowest BCUT2D eigenvalue weighted by Crippen LogP contribution is -1.95. The molecule has 226 valence electrons. The second kappa shape index (κ2) is 12.5. The zero-order valence-corrected chi connectivity index (χ0v) is 25.2. The molecule has 5 aromatic rings. The second-order valence-corrected chi connectivity index (χ2v) is 11.7. The van der Waals surface area contributed by atoms with E-state index in [1.54, 1.807) is 24.3 Å². The van der Waals surface area contributed by atoms with E-state index in [0.29, 0.717) is 0 Å². The largest absolute Gasteiger partial charge is 0.507 e. The Kier molecular flexibility index (Phi) is 7.94. The van der Waals surface area contributed by atoms with Gasteiger partial charge in [-0.1, -0.05) is 91.0 Å². The van der Waals surface area contributed by atoms with Crippen molar-refractivity contribution >= 4 is 16.7 Å². The number of rotatable bonds is 6. The predicted molar refractivity (Wildman–Crippen MR) is 184 cm³/mol. The minimum Gasteiger partial charge on any atom is -0.507 e. The van der Waals surface area contributed by atoms with E-state index in [2.05, 4.69) is 54.6 Å². The highest BCUT2D eigenvalue weighted by atomic mass is 19.1. The average Bonchev–Trinajstić information content (AvgIpc) is 3.10. The molecule has 0 bridgehead atoms. The van der Waals surface area contributed by atoms with Gasteiger partial charge in [0.25, 0.3) is 0 Å². The van der Waals surface area contributed by atoms with Crippen LogP contribution in [0.5, 0.6) is 11.5 Å². The number of hydrogen-bond acceptors (Lipinski definition) is 2. The molecule has 2 N–H and O–H groups in total. The van der Waals surface area contributed by atoms with E-state index in [1.165, 1.54) is 23.8 Å². The van der Waals surface area contributed by atoms with E-state index in [0.717, 1.165) is 70.7 Å². The molecule has 0 radical (unpaired) electrons. The number of phenolic OH excluding ortho intramolecular Hbond substituents is 2. The molecule has 0 atom stereocenters. The quantitative estimate of drug-likeness (QED) is 0.202.